The fourth-order valence-corrected chi connectivity index (χ4v) is 4.63. The van der Waals surface area contributed by atoms with Crippen LogP contribution in [0.1, 0.15) is 53.7 Å². The van der Waals surface area contributed by atoms with Crippen LogP contribution in [-0.2, 0) is 6.54 Å². The Bertz CT molecular complexity index is 858. The molecule has 2 saturated heterocycles. The molecular weight excluding hydrogens is 398 g/mol. The van der Waals surface area contributed by atoms with E-state index in [1.54, 1.807) is 0 Å². The summed E-state index contributed by atoms with van der Waals surface area (Å²) < 4.78 is 0. The van der Waals surface area contributed by atoms with Gasteiger partial charge in [-0.25, -0.2) is 9.97 Å². The molecule has 0 bridgehead atoms. The molecule has 1 N–H and O–H groups in total. The van der Waals surface area contributed by atoms with Crippen molar-refractivity contribution in [2.45, 2.75) is 51.6 Å². The Hall–Kier alpha value is -2.18. The van der Waals surface area contributed by atoms with Gasteiger partial charge in [0.15, 0.2) is 0 Å². The van der Waals surface area contributed by atoms with Gasteiger partial charge in [-0.1, -0.05) is 30.2 Å². The predicted octanol–water partition coefficient (Wildman–Crippen LogP) is 4.14. The van der Waals surface area contributed by atoms with Crippen LogP contribution in [-0.4, -0.2) is 57.9 Å². The molecule has 0 spiro atoms. The molecule has 30 heavy (non-hydrogen) atoms. The normalized spacial score (nSPS) is 18.4. The van der Waals surface area contributed by atoms with Crippen molar-refractivity contribution >= 4 is 23.3 Å². The standard InChI is InChI=1S/C23H30ClN5O/c1-17-21(26-16-27-22(17)25-15-18-5-7-19(24)8-6-18)23(30)29-13-9-20(10-14-29)28-11-3-2-4-12-28/h5-8,16,20H,2-4,9-15H2,1H3,(H,25,26,27). The van der Waals surface area contributed by atoms with Gasteiger partial charge >= 0.3 is 0 Å². The summed E-state index contributed by atoms with van der Waals surface area (Å²) in [6.45, 7) is 6.56. The summed E-state index contributed by atoms with van der Waals surface area (Å²) in [6.07, 6.45) is 7.56. The van der Waals surface area contributed by atoms with E-state index in [4.69, 9.17) is 11.6 Å². The van der Waals surface area contributed by atoms with Gasteiger partial charge in [0.05, 0.1) is 0 Å². The number of anilines is 1. The Morgan fingerprint density at radius 3 is 2.47 bits per heavy atom. The van der Waals surface area contributed by atoms with Crippen molar-refractivity contribution in [3.05, 3.63) is 52.4 Å². The van der Waals surface area contributed by atoms with E-state index >= 15 is 0 Å². The lowest BCUT2D eigenvalue weighted by Crippen LogP contribution is -2.48. The van der Waals surface area contributed by atoms with Crippen LogP contribution in [0.5, 0.6) is 0 Å². The molecule has 0 atom stereocenters. The highest BCUT2D eigenvalue weighted by Gasteiger charge is 2.29. The number of hydrogen-bond acceptors (Lipinski definition) is 5. The number of nitrogens with one attached hydrogen (secondary N) is 1. The van der Waals surface area contributed by atoms with Crippen molar-refractivity contribution in [3.63, 3.8) is 0 Å². The number of amides is 1. The first-order valence-electron chi connectivity index (χ1n) is 10.9. The second kappa shape index (κ2) is 9.75. The zero-order chi connectivity index (χ0) is 20.9. The van der Waals surface area contributed by atoms with Crippen LogP contribution in [0.15, 0.2) is 30.6 Å². The maximum atomic E-state index is 13.1. The van der Waals surface area contributed by atoms with Crippen molar-refractivity contribution in [3.8, 4) is 0 Å². The molecule has 2 fully saturated rings. The number of halogens is 1. The number of rotatable bonds is 5. The predicted molar refractivity (Wildman–Crippen MR) is 120 cm³/mol. The fourth-order valence-electron chi connectivity index (χ4n) is 4.50. The number of nitrogens with zero attached hydrogens (tertiary/aromatic N) is 4. The molecule has 6 nitrogen and oxygen atoms in total. The summed E-state index contributed by atoms with van der Waals surface area (Å²) >= 11 is 5.95. The van der Waals surface area contributed by atoms with Gasteiger partial charge in [-0.15, -0.1) is 0 Å². The maximum Gasteiger partial charge on any atom is 0.272 e. The number of carbonyl (C=O) groups is 1. The minimum Gasteiger partial charge on any atom is -0.366 e. The van der Waals surface area contributed by atoms with E-state index in [2.05, 4.69) is 20.2 Å². The van der Waals surface area contributed by atoms with Crippen LogP contribution in [0, 0.1) is 6.92 Å². The molecule has 0 saturated carbocycles. The molecule has 0 aliphatic carbocycles. The zero-order valence-electron chi connectivity index (χ0n) is 17.6. The summed E-state index contributed by atoms with van der Waals surface area (Å²) in [7, 11) is 0. The average molecular weight is 428 g/mol. The lowest BCUT2D eigenvalue weighted by atomic mass is 9.99. The van der Waals surface area contributed by atoms with Crippen molar-refractivity contribution in [2.75, 3.05) is 31.5 Å². The second-order valence-electron chi connectivity index (χ2n) is 8.30. The van der Waals surface area contributed by atoms with Crippen LogP contribution < -0.4 is 5.32 Å². The molecule has 1 aromatic heterocycles. The molecule has 0 unspecified atom stereocenters. The van der Waals surface area contributed by atoms with Gasteiger partial charge < -0.3 is 15.1 Å². The molecule has 0 radical (unpaired) electrons. The van der Waals surface area contributed by atoms with E-state index in [9.17, 15) is 4.79 Å². The lowest BCUT2D eigenvalue weighted by Gasteiger charge is -2.40. The van der Waals surface area contributed by atoms with Crippen molar-refractivity contribution < 1.29 is 4.79 Å². The Kier molecular flexibility index (Phi) is 6.85. The van der Waals surface area contributed by atoms with Gasteiger partial charge in [0, 0.05) is 36.3 Å². The summed E-state index contributed by atoms with van der Waals surface area (Å²) in [5.41, 5.74) is 2.40. The summed E-state index contributed by atoms with van der Waals surface area (Å²) in [5.74, 6) is 0.716. The third-order valence-electron chi connectivity index (χ3n) is 6.32. The molecule has 2 aliphatic heterocycles. The number of piperidine rings is 2. The highest BCUT2D eigenvalue weighted by molar-refractivity contribution is 6.30. The quantitative estimate of drug-likeness (QED) is 0.776. The second-order valence-corrected chi connectivity index (χ2v) is 8.73. The lowest BCUT2D eigenvalue weighted by molar-refractivity contribution is 0.0584. The van der Waals surface area contributed by atoms with Crippen LogP contribution >= 0.6 is 11.6 Å². The fraction of sp³-hybridized carbons (Fsp3) is 0.522. The SMILES string of the molecule is Cc1c(NCc2ccc(Cl)cc2)ncnc1C(=O)N1CCC(N2CCCCC2)CC1. The molecule has 2 aromatic rings. The smallest absolute Gasteiger partial charge is 0.272 e. The monoisotopic (exact) mass is 427 g/mol. The molecule has 1 amide bonds. The summed E-state index contributed by atoms with van der Waals surface area (Å²) in [6, 6.07) is 8.31. The van der Waals surface area contributed by atoms with Crippen LogP contribution in [0.2, 0.25) is 5.02 Å². The van der Waals surface area contributed by atoms with E-state index in [1.165, 1.54) is 38.7 Å². The molecule has 1 aromatic carbocycles. The molecule has 7 heteroatoms. The van der Waals surface area contributed by atoms with Gasteiger partial charge in [0.2, 0.25) is 0 Å². The van der Waals surface area contributed by atoms with Gasteiger partial charge in [0.25, 0.3) is 5.91 Å². The summed E-state index contributed by atoms with van der Waals surface area (Å²) in [5, 5.41) is 4.04. The van der Waals surface area contributed by atoms with E-state index in [0.29, 0.717) is 29.1 Å². The molecule has 2 aliphatic rings. The number of benzene rings is 1. The molecule has 4 rings (SSSR count). The highest BCUT2D eigenvalue weighted by Crippen LogP contribution is 2.23. The largest absolute Gasteiger partial charge is 0.366 e. The maximum absolute atomic E-state index is 13.1. The Labute approximate surface area is 183 Å². The molecular formula is C23H30ClN5O. The van der Waals surface area contributed by atoms with Crippen LogP contribution in [0.3, 0.4) is 0 Å². The van der Waals surface area contributed by atoms with E-state index in [-0.39, 0.29) is 5.91 Å². The van der Waals surface area contributed by atoms with Crippen LogP contribution in [0.4, 0.5) is 5.82 Å². The number of hydrogen-bond donors (Lipinski definition) is 1. The molecule has 3 heterocycles. The van der Waals surface area contributed by atoms with Gasteiger partial charge in [-0.05, 0) is 63.4 Å². The number of likely N-dealkylation sites (tertiary alicyclic amines) is 2. The Morgan fingerprint density at radius 2 is 1.77 bits per heavy atom. The van der Waals surface area contributed by atoms with E-state index in [0.717, 1.165) is 37.1 Å². The van der Waals surface area contributed by atoms with Crippen LogP contribution in [0.25, 0.3) is 0 Å². The first-order chi connectivity index (χ1) is 14.6. The minimum absolute atomic E-state index is 0.0153. The van der Waals surface area contributed by atoms with Gasteiger partial charge in [0.1, 0.15) is 17.8 Å². The highest BCUT2D eigenvalue weighted by atomic mass is 35.5. The first-order valence-corrected chi connectivity index (χ1v) is 11.3. The van der Waals surface area contributed by atoms with Crippen molar-refractivity contribution in [2.24, 2.45) is 0 Å². The third kappa shape index (κ3) is 4.93. The topological polar surface area (TPSA) is 61.4 Å². The van der Waals surface area contributed by atoms with E-state index in [1.807, 2.05) is 36.1 Å². The first kappa shape index (κ1) is 21.1. The van der Waals surface area contributed by atoms with Crippen molar-refractivity contribution in [1.82, 2.24) is 19.8 Å². The average Bonchev–Trinajstić information content (AvgIpc) is 2.80. The Morgan fingerprint density at radius 1 is 1.07 bits per heavy atom. The number of carbonyl (C=O) groups excluding carboxylic acids is 1. The molecule has 160 valence electrons. The van der Waals surface area contributed by atoms with Gasteiger partial charge in [-0.3, -0.25) is 4.79 Å². The minimum atomic E-state index is 0.0153. The van der Waals surface area contributed by atoms with E-state index < -0.39 is 0 Å². The van der Waals surface area contributed by atoms with Crippen molar-refractivity contribution in [1.29, 1.82) is 0 Å². The zero-order valence-corrected chi connectivity index (χ0v) is 18.4. The third-order valence-corrected chi connectivity index (χ3v) is 6.57. The Balaban J connectivity index is 1.37. The number of aromatic nitrogens is 2. The van der Waals surface area contributed by atoms with Gasteiger partial charge in [-0.2, -0.15) is 0 Å². The summed E-state index contributed by atoms with van der Waals surface area (Å²) in [4.78, 5) is 26.4.